The van der Waals surface area contributed by atoms with Crippen molar-refractivity contribution in [2.24, 2.45) is 5.92 Å². The number of thiazole rings is 1. The number of aromatic nitrogens is 1. The Kier molecular flexibility index (Phi) is 3.49. The molecule has 0 spiro atoms. The molecule has 4 N–H and O–H groups in total. The Morgan fingerprint density at radius 3 is 2.94 bits per heavy atom. The van der Waals surface area contributed by atoms with Gasteiger partial charge in [-0.15, -0.1) is 0 Å². The van der Waals surface area contributed by atoms with Gasteiger partial charge >= 0.3 is 0 Å². The Hall–Kier alpha value is -1.33. The molecular formula is C12H17N3OS. The molecule has 0 saturated heterocycles. The van der Waals surface area contributed by atoms with E-state index in [1.54, 1.807) is 11.3 Å². The fourth-order valence-corrected chi connectivity index (χ4v) is 2.37. The number of fused-ring (bicyclic) bond motifs is 1. The average Bonchev–Trinajstić information content (AvgIpc) is 2.67. The predicted octanol–water partition coefficient (Wildman–Crippen LogP) is 2.31. The number of nitrogens with one attached hydrogen (secondary N) is 1. The zero-order valence-corrected chi connectivity index (χ0v) is 10.8. The highest BCUT2D eigenvalue weighted by atomic mass is 32.1. The molecule has 0 fully saturated rings. The normalized spacial score (nSPS) is 13.2. The second kappa shape index (κ2) is 4.89. The zero-order chi connectivity index (χ0) is 12.4. The van der Waals surface area contributed by atoms with Crippen LogP contribution in [0.15, 0.2) is 18.2 Å². The van der Waals surface area contributed by atoms with Crippen LogP contribution in [-0.2, 0) is 0 Å². The van der Waals surface area contributed by atoms with Crippen molar-refractivity contribution in [2.45, 2.75) is 20.0 Å². The Bertz CT molecular complexity index is 509. The number of aliphatic hydroxyl groups excluding tert-OH is 1. The first-order valence-corrected chi connectivity index (χ1v) is 6.46. The fraction of sp³-hybridized carbons (Fsp3) is 0.417. The molecule has 1 atom stereocenters. The number of benzene rings is 1. The van der Waals surface area contributed by atoms with Crippen LogP contribution in [0.1, 0.15) is 13.8 Å². The first-order chi connectivity index (χ1) is 8.06. The van der Waals surface area contributed by atoms with Crippen molar-refractivity contribution in [3.05, 3.63) is 18.2 Å². The summed E-state index contributed by atoms with van der Waals surface area (Å²) in [6, 6.07) is 5.66. The topological polar surface area (TPSA) is 71.2 Å². The highest BCUT2D eigenvalue weighted by molar-refractivity contribution is 7.22. The second-order valence-corrected chi connectivity index (χ2v) is 5.47. The van der Waals surface area contributed by atoms with Crippen LogP contribution in [0.25, 0.3) is 10.2 Å². The zero-order valence-electron chi connectivity index (χ0n) is 9.97. The maximum absolute atomic E-state index is 9.70. The molecule has 0 aliphatic rings. The van der Waals surface area contributed by atoms with E-state index in [4.69, 9.17) is 5.73 Å². The van der Waals surface area contributed by atoms with Gasteiger partial charge in [0.05, 0.1) is 16.3 Å². The Balaban J connectivity index is 2.09. The molecule has 0 amide bonds. The summed E-state index contributed by atoms with van der Waals surface area (Å²) in [5, 5.41) is 13.7. The van der Waals surface area contributed by atoms with Crippen LogP contribution in [0.2, 0.25) is 0 Å². The molecule has 0 radical (unpaired) electrons. The van der Waals surface area contributed by atoms with E-state index < -0.39 is 0 Å². The van der Waals surface area contributed by atoms with E-state index in [2.05, 4.69) is 10.3 Å². The van der Waals surface area contributed by atoms with Crippen LogP contribution in [0, 0.1) is 5.92 Å². The standard InChI is InChI=1S/C12H17N3OS/c1-7(2)10(16)6-14-12-15-9-4-3-8(13)5-11(9)17-12/h3-5,7,10,16H,6,13H2,1-2H3,(H,14,15). The predicted molar refractivity (Wildman–Crippen MR) is 73.4 cm³/mol. The largest absolute Gasteiger partial charge is 0.399 e. The van der Waals surface area contributed by atoms with Gasteiger partial charge in [-0.25, -0.2) is 4.98 Å². The molecule has 4 nitrogen and oxygen atoms in total. The van der Waals surface area contributed by atoms with Crippen molar-refractivity contribution in [3.63, 3.8) is 0 Å². The summed E-state index contributed by atoms with van der Waals surface area (Å²) in [5.41, 5.74) is 7.39. The molecule has 0 bridgehead atoms. The third-order valence-corrected chi connectivity index (χ3v) is 3.62. The smallest absolute Gasteiger partial charge is 0.183 e. The molecule has 2 aromatic rings. The third kappa shape index (κ3) is 2.87. The number of aliphatic hydroxyl groups is 1. The average molecular weight is 251 g/mol. The van der Waals surface area contributed by atoms with Gasteiger partial charge < -0.3 is 16.2 Å². The van der Waals surface area contributed by atoms with Crippen molar-refractivity contribution in [3.8, 4) is 0 Å². The Labute approximate surface area is 104 Å². The number of nitrogens with two attached hydrogens (primary N) is 1. The summed E-state index contributed by atoms with van der Waals surface area (Å²) in [6.45, 7) is 4.50. The van der Waals surface area contributed by atoms with Gasteiger partial charge in [0, 0.05) is 12.2 Å². The lowest BCUT2D eigenvalue weighted by atomic mass is 10.1. The molecule has 5 heteroatoms. The van der Waals surface area contributed by atoms with Crippen LogP contribution < -0.4 is 11.1 Å². The third-order valence-electron chi connectivity index (χ3n) is 2.64. The molecule has 1 aromatic carbocycles. The Morgan fingerprint density at radius 2 is 2.24 bits per heavy atom. The van der Waals surface area contributed by atoms with Crippen LogP contribution in [-0.4, -0.2) is 22.7 Å². The van der Waals surface area contributed by atoms with Crippen LogP contribution >= 0.6 is 11.3 Å². The van der Waals surface area contributed by atoms with E-state index >= 15 is 0 Å². The van der Waals surface area contributed by atoms with E-state index in [-0.39, 0.29) is 12.0 Å². The van der Waals surface area contributed by atoms with Crippen LogP contribution in [0.5, 0.6) is 0 Å². The molecule has 1 heterocycles. The number of nitrogens with zero attached hydrogens (tertiary/aromatic N) is 1. The second-order valence-electron chi connectivity index (χ2n) is 4.44. The molecule has 17 heavy (non-hydrogen) atoms. The van der Waals surface area contributed by atoms with E-state index in [0.717, 1.165) is 21.0 Å². The molecule has 92 valence electrons. The van der Waals surface area contributed by atoms with Gasteiger partial charge in [0.25, 0.3) is 0 Å². The van der Waals surface area contributed by atoms with Gasteiger partial charge in [-0.3, -0.25) is 0 Å². The molecule has 0 aliphatic heterocycles. The quantitative estimate of drug-likeness (QED) is 0.729. The van der Waals surface area contributed by atoms with E-state index in [0.29, 0.717) is 6.54 Å². The number of rotatable bonds is 4. The lowest BCUT2D eigenvalue weighted by molar-refractivity contribution is 0.138. The minimum atomic E-state index is -0.355. The van der Waals surface area contributed by atoms with Gasteiger partial charge in [-0.2, -0.15) is 0 Å². The number of hydrogen-bond donors (Lipinski definition) is 3. The van der Waals surface area contributed by atoms with Crippen molar-refractivity contribution < 1.29 is 5.11 Å². The summed E-state index contributed by atoms with van der Waals surface area (Å²) in [5.74, 6) is 0.243. The minimum Gasteiger partial charge on any atom is -0.399 e. The van der Waals surface area contributed by atoms with Crippen molar-refractivity contribution in [1.29, 1.82) is 0 Å². The first kappa shape index (κ1) is 12.1. The van der Waals surface area contributed by atoms with E-state index in [1.807, 2.05) is 32.0 Å². The van der Waals surface area contributed by atoms with Crippen molar-refractivity contribution in [1.82, 2.24) is 4.98 Å². The minimum absolute atomic E-state index is 0.243. The summed E-state index contributed by atoms with van der Waals surface area (Å²) in [4.78, 5) is 4.43. The molecule has 0 aliphatic carbocycles. The van der Waals surface area contributed by atoms with Crippen LogP contribution in [0.3, 0.4) is 0 Å². The maximum atomic E-state index is 9.70. The highest BCUT2D eigenvalue weighted by Gasteiger charge is 2.10. The molecule has 0 saturated carbocycles. The fourth-order valence-electron chi connectivity index (χ4n) is 1.44. The van der Waals surface area contributed by atoms with Crippen LogP contribution in [0.4, 0.5) is 10.8 Å². The molecular weight excluding hydrogens is 234 g/mol. The summed E-state index contributed by atoms with van der Waals surface area (Å²) in [7, 11) is 0. The van der Waals surface area contributed by atoms with Crippen molar-refractivity contribution >= 4 is 32.4 Å². The van der Waals surface area contributed by atoms with Gasteiger partial charge in [0.15, 0.2) is 5.13 Å². The highest BCUT2D eigenvalue weighted by Crippen LogP contribution is 2.27. The van der Waals surface area contributed by atoms with Gasteiger partial charge in [-0.1, -0.05) is 25.2 Å². The van der Waals surface area contributed by atoms with Gasteiger partial charge in [0.2, 0.25) is 0 Å². The lowest BCUT2D eigenvalue weighted by Gasteiger charge is -2.14. The molecule has 1 unspecified atom stereocenters. The van der Waals surface area contributed by atoms with E-state index in [1.165, 1.54) is 0 Å². The monoisotopic (exact) mass is 251 g/mol. The number of anilines is 2. The molecule has 2 rings (SSSR count). The summed E-state index contributed by atoms with van der Waals surface area (Å²) >= 11 is 1.55. The number of hydrogen-bond acceptors (Lipinski definition) is 5. The van der Waals surface area contributed by atoms with Gasteiger partial charge in [0.1, 0.15) is 0 Å². The van der Waals surface area contributed by atoms with Crippen molar-refractivity contribution in [2.75, 3.05) is 17.6 Å². The number of nitrogen functional groups attached to an aromatic ring is 1. The SMILES string of the molecule is CC(C)C(O)CNc1nc2ccc(N)cc2s1. The Morgan fingerprint density at radius 1 is 1.47 bits per heavy atom. The summed E-state index contributed by atoms with van der Waals surface area (Å²) in [6.07, 6.45) is -0.355. The van der Waals surface area contributed by atoms with E-state index in [9.17, 15) is 5.11 Å². The summed E-state index contributed by atoms with van der Waals surface area (Å²) < 4.78 is 1.06. The molecule has 1 aromatic heterocycles. The maximum Gasteiger partial charge on any atom is 0.183 e. The first-order valence-electron chi connectivity index (χ1n) is 5.64. The van der Waals surface area contributed by atoms with Gasteiger partial charge in [-0.05, 0) is 24.1 Å². The lowest BCUT2D eigenvalue weighted by Crippen LogP contribution is -2.24.